The van der Waals surface area contributed by atoms with Crippen molar-refractivity contribution in [2.75, 3.05) is 20.3 Å². The van der Waals surface area contributed by atoms with E-state index in [1.807, 2.05) is 0 Å². The first-order valence-electron chi connectivity index (χ1n) is 6.16. The van der Waals surface area contributed by atoms with E-state index >= 15 is 0 Å². The first kappa shape index (κ1) is 14.2. The van der Waals surface area contributed by atoms with E-state index in [1.165, 1.54) is 11.4 Å². The number of imidazole rings is 1. The highest BCUT2D eigenvalue weighted by Gasteiger charge is 2.15. The van der Waals surface area contributed by atoms with Crippen LogP contribution in [0, 0.1) is 12.3 Å². The number of ether oxygens (including phenoxy) is 1. The normalized spacial score (nSPS) is 12.1. The van der Waals surface area contributed by atoms with Crippen molar-refractivity contribution in [2.24, 2.45) is 5.41 Å². The van der Waals surface area contributed by atoms with Crippen LogP contribution in [0.5, 0.6) is 0 Å². The van der Waals surface area contributed by atoms with E-state index in [-0.39, 0.29) is 5.41 Å². The van der Waals surface area contributed by atoms with Crippen LogP contribution < -0.4 is 5.32 Å². The number of hydrogen-bond acceptors (Lipinski definition) is 3. The summed E-state index contributed by atoms with van der Waals surface area (Å²) in [6.07, 6.45) is 1.01. The molecule has 0 aliphatic heterocycles. The zero-order valence-electron chi connectivity index (χ0n) is 11.7. The van der Waals surface area contributed by atoms with Gasteiger partial charge in [-0.2, -0.15) is 0 Å². The predicted octanol–water partition coefficient (Wildman–Crippen LogP) is 2.04. The van der Waals surface area contributed by atoms with Gasteiger partial charge in [-0.1, -0.05) is 20.8 Å². The largest absolute Gasteiger partial charge is 0.383 e. The maximum absolute atomic E-state index is 4.98. The molecule has 0 radical (unpaired) electrons. The third-order valence-corrected chi connectivity index (χ3v) is 2.51. The Bertz CT molecular complexity index is 339. The molecule has 2 N–H and O–H groups in total. The van der Waals surface area contributed by atoms with Gasteiger partial charge in [-0.05, 0) is 18.8 Å². The van der Waals surface area contributed by atoms with Gasteiger partial charge in [0.05, 0.1) is 18.8 Å². The average Bonchev–Trinajstić information content (AvgIpc) is 2.52. The van der Waals surface area contributed by atoms with Gasteiger partial charge in [0.25, 0.3) is 0 Å². The number of methoxy groups -OCH3 is 1. The maximum Gasteiger partial charge on any atom is 0.120 e. The molecule has 17 heavy (non-hydrogen) atoms. The van der Waals surface area contributed by atoms with Crippen molar-refractivity contribution in [1.82, 2.24) is 15.3 Å². The summed E-state index contributed by atoms with van der Waals surface area (Å²) in [4.78, 5) is 7.96. The zero-order chi connectivity index (χ0) is 12.9. The molecule has 1 aromatic rings. The molecule has 4 nitrogen and oxygen atoms in total. The van der Waals surface area contributed by atoms with Crippen LogP contribution in [0.4, 0.5) is 0 Å². The fraction of sp³-hybridized carbons (Fsp3) is 0.769. The summed E-state index contributed by atoms with van der Waals surface area (Å²) in [5.41, 5.74) is 2.64. The minimum Gasteiger partial charge on any atom is -0.383 e. The molecule has 0 amide bonds. The zero-order valence-corrected chi connectivity index (χ0v) is 11.7. The standard InChI is InChI=1S/C13H25N3O/c1-10-11(8-13(2,3)4)16-12(15-10)9-14-6-7-17-5/h14H,6-9H2,1-5H3,(H,15,16). The molecule has 0 aromatic carbocycles. The highest BCUT2D eigenvalue weighted by molar-refractivity contribution is 5.14. The van der Waals surface area contributed by atoms with Gasteiger partial charge in [0.2, 0.25) is 0 Å². The van der Waals surface area contributed by atoms with Gasteiger partial charge in [-0.3, -0.25) is 0 Å². The van der Waals surface area contributed by atoms with Crippen molar-refractivity contribution in [1.29, 1.82) is 0 Å². The van der Waals surface area contributed by atoms with Crippen molar-refractivity contribution in [2.45, 2.75) is 40.7 Å². The third-order valence-electron chi connectivity index (χ3n) is 2.51. The Labute approximate surface area is 104 Å². The van der Waals surface area contributed by atoms with Gasteiger partial charge in [-0.15, -0.1) is 0 Å². The summed E-state index contributed by atoms with van der Waals surface area (Å²) >= 11 is 0. The van der Waals surface area contributed by atoms with Gasteiger partial charge in [-0.25, -0.2) is 4.98 Å². The summed E-state index contributed by atoms with van der Waals surface area (Å²) in [6.45, 7) is 11.1. The third kappa shape index (κ3) is 5.33. The molecule has 1 heterocycles. The van der Waals surface area contributed by atoms with Crippen LogP contribution in [0.15, 0.2) is 0 Å². The molecular formula is C13H25N3O. The molecule has 0 unspecified atom stereocenters. The topological polar surface area (TPSA) is 49.9 Å². The lowest BCUT2D eigenvalue weighted by Crippen LogP contribution is -2.19. The molecule has 1 aromatic heterocycles. The minimum absolute atomic E-state index is 0.278. The lowest BCUT2D eigenvalue weighted by molar-refractivity contribution is 0.199. The molecule has 98 valence electrons. The first-order valence-corrected chi connectivity index (χ1v) is 6.16. The second kappa shape index (κ2) is 6.17. The number of rotatable bonds is 6. The van der Waals surface area contributed by atoms with Gasteiger partial charge < -0.3 is 15.0 Å². The Morgan fingerprint density at radius 1 is 1.35 bits per heavy atom. The molecule has 0 spiro atoms. The highest BCUT2D eigenvalue weighted by atomic mass is 16.5. The monoisotopic (exact) mass is 239 g/mol. The SMILES string of the molecule is COCCNCc1nc(CC(C)(C)C)c(C)[nH]1. The smallest absolute Gasteiger partial charge is 0.120 e. The number of nitrogens with one attached hydrogen (secondary N) is 2. The summed E-state index contributed by atoms with van der Waals surface area (Å²) in [5.74, 6) is 1.01. The van der Waals surface area contributed by atoms with Crippen LogP contribution in [0.25, 0.3) is 0 Å². The second-order valence-corrected chi connectivity index (χ2v) is 5.66. The Morgan fingerprint density at radius 3 is 2.65 bits per heavy atom. The van der Waals surface area contributed by atoms with Crippen LogP contribution in [-0.2, 0) is 17.7 Å². The summed E-state index contributed by atoms with van der Waals surface area (Å²) in [6, 6.07) is 0. The van der Waals surface area contributed by atoms with Crippen molar-refractivity contribution >= 4 is 0 Å². The fourth-order valence-corrected chi connectivity index (χ4v) is 1.70. The quantitative estimate of drug-likeness (QED) is 0.747. The molecule has 0 atom stereocenters. The predicted molar refractivity (Wildman–Crippen MR) is 70.1 cm³/mol. The Morgan fingerprint density at radius 2 is 2.06 bits per heavy atom. The Hall–Kier alpha value is -0.870. The molecule has 4 heteroatoms. The lowest BCUT2D eigenvalue weighted by Gasteiger charge is -2.16. The molecule has 0 saturated carbocycles. The van der Waals surface area contributed by atoms with E-state index < -0.39 is 0 Å². The molecule has 0 bridgehead atoms. The van der Waals surface area contributed by atoms with Crippen LogP contribution in [0.2, 0.25) is 0 Å². The maximum atomic E-state index is 4.98. The van der Waals surface area contributed by atoms with Crippen LogP contribution in [0.1, 0.15) is 38.0 Å². The second-order valence-electron chi connectivity index (χ2n) is 5.66. The van der Waals surface area contributed by atoms with Gasteiger partial charge in [0.1, 0.15) is 5.82 Å². The number of H-pyrrole nitrogens is 1. The van der Waals surface area contributed by atoms with Gasteiger partial charge in [0.15, 0.2) is 0 Å². The molecular weight excluding hydrogens is 214 g/mol. The number of hydrogen-bond donors (Lipinski definition) is 2. The number of nitrogens with zero attached hydrogens (tertiary/aromatic N) is 1. The van der Waals surface area contributed by atoms with E-state index in [2.05, 4.69) is 43.0 Å². The van der Waals surface area contributed by atoms with Crippen molar-refractivity contribution in [3.05, 3.63) is 17.2 Å². The van der Waals surface area contributed by atoms with Crippen molar-refractivity contribution in [3.8, 4) is 0 Å². The first-order chi connectivity index (χ1) is 7.92. The number of aryl methyl sites for hydroxylation is 1. The Kier molecular flexibility index (Phi) is 5.15. The summed E-state index contributed by atoms with van der Waals surface area (Å²) in [7, 11) is 1.71. The van der Waals surface area contributed by atoms with Crippen LogP contribution in [-0.4, -0.2) is 30.2 Å². The number of aromatic nitrogens is 2. The van der Waals surface area contributed by atoms with Crippen molar-refractivity contribution < 1.29 is 4.74 Å². The summed E-state index contributed by atoms with van der Waals surface area (Å²) < 4.78 is 4.98. The molecule has 0 aliphatic carbocycles. The fourth-order valence-electron chi connectivity index (χ4n) is 1.70. The van der Waals surface area contributed by atoms with Gasteiger partial charge >= 0.3 is 0 Å². The van der Waals surface area contributed by atoms with Crippen LogP contribution in [0.3, 0.4) is 0 Å². The molecule has 0 aliphatic rings. The average molecular weight is 239 g/mol. The van der Waals surface area contributed by atoms with E-state index in [0.717, 1.165) is 31.9 Å². The van der Waals surface area contributed by atoms with E-state index in [4.69, 9.17) is 4.74 Å². The van der Waals surface area contributed by atoms with E-state index in [9.17, 15) is 0 Å². The Balaban J connectivity index is 2.50. The highest BCUT2D eigenvalue weighted by Crippen LogP contribution is 2.21. The minimum atomic E-state index is 0.278. The van der Waals surface area contributed by atoms with Crippen LogP contribution >= 0.6 is 0 Å². The van der Waals surface area contributed by atoms with E-state index in [0.29, 0.717) is 0 Å². The molecule has 1 rings (SSSR count). The van der Waals surface area contributed by atoms with Crippen molar-refractivity contribution in [3.63, 3.8) is 0 Å². The number of aromatic amines is 1. The summed E-state index contributed by atoms with van der Waals surface area (Å²) in [5, 5.41) is 3.29. The van der Waals surface area contributed by atoms with Gasteiger partial charge in [0, 0.05) is 19.3 Å². The van der Waals surface area contributed by atoms with E-state index in [1.54, 1.807) is 7.11 Å². The molecule has 0 fully saturated rings. The lowest BCUT2D eigenvalue weighted by atomic mass is 9.90. The molecule has 0 saturated heterocycles.